The molecule has 0 bridgehead atoms. The van der Waals surface area contributed by atoms with Crippen molar-refractivity contribution in [3.63, 3.8) is 0 Å². The fraction of sp³-hybridized carbons (Fsp3) is 0.545. The number of hydrogen-bond donors (Lipinski definition) is 1. The van der Waals surface area contributed by atoms with Crippen molar-refractivity contribution in [2.24, 2.45) is 0 Å². The molecule has 1 N–H and O–H groups in total. The van der Waals surface area contributed by atoms with E-state index in [1.807, 2.05) is 12.1 Å². The van der Waals surface area contributed by atoms with Gasteiger partial charge in [0.1, 0.15) is 0 Å². The zero-order chi connectivity index (χ0) is 11.1. The number of thiophene rings is 1. The van der Waals surface area contributed by atoms with Gasteiger partial charge in [-0.25, -0.2) is 0 Å². The highest BCUT2D eigenvalue weighted by atomic mass is 35.5. The highest BCUT2D eigenvalue weighted by molar-refractivity contribution is 7.16. The van der Waals surface area contributed by atoms with Crippen LogP contribution in [0.5, 0.6) is 0 Å². The van der Waals surface area contributed by atoms with E-state index in [1.54, 1.807) is 11.3 Å². The first-order chi connectivity index (χ1) is 7.06. The summed E-state index contributed by atoms with van der Waals surface area (Å²) in [4.78, 5) is 12.7. The predicted octanol–water partition coefficient (Wildman–Crippen LogP) is 2.96. The van der Waals surface area contributed by atoms with Gasteiger partial charge in [-0.2, -0.15) is 0 Å². The lowest BCUT2D eigenvalue weighted by Gasteiger charge is -2.28. The summed E-state index contributed by atoms with van der Waals surface area (Å²) >= 11 is 7.52. The third-order valence-corrected chi connectivity index (χ3v) is 4.69. The molecule has 1 amide bonds. The minimum atomic E-state index is -0.0797. The predicted molar refractivity (Wildman–Crippen MR) is 63.5 cm³/mol. The molecule has 2 rings (SSSR count). The lowest BCUT2D eigenvalue weighted by Crippen LogP contribution is -2.37. The Bertz CT molecular complexity index is 390. The van der Waals surface area contributed by atoms with Gasteiger partial charge >= 0.3 is 0 Å². The number of carbonyl (C=O) groups is 1. The lowest BCUT2D eigenvalue weighted by molar-refractivity contribution is -0.119. The van der Waals surface area contributed by atoms with Crippen LogP contribution >= 0.6 is 22.9 Å². The van der Waals surface area contributed by atoms with Crippen molar-refractivity contribution in [3.05, 3.63) is 21.3 Å². The van der Waals surface area contributed by atoms with E-state index < -0.39 is 0 Å². The maximum absolute atomic E-state index is 11.5. The molecule has 15 heavy (non-hydrogen) atoms. The molecular formula is C11H14ClNOS. The Labute approximate surface area is 98.6 Å². The Morgan fingerprint density at radius 2 is 2.40 bits per heavy atom. The Morgan fingerprint density at radius 1 is 1.67 bits per heavy atom. The molecule has 1 saturated heterocycles. The van der Waals surface area contributed by atoms with Gasteiger partial charge in [0.25, 0.3) is 0 Å². The van der Waals surface area contributed by atoms with Crippen molar-refractivity contribution < 1.29 is 4.79 Å². The van der Waals surface area contributed by atoms with Gasteiger partial charge in [-0.05, 0) is 18.6 Å². The molecule has 0 spiro atoms. The lowest BCUT2D eigenvalue weighted by atomic mass is 9.80. The third-order valence-electron chi connectivity index (χ3n) is 3.18. The maximum atomic E-state index is 11.5. The zero-order valence-corrected chi connectivity index (χ0v) is 10.4. The summed E-state index contributed by atoms with van der Waals surface area (Å²) in [6, 6.07) is 4.18. The molecule has 2 heterocycles. The van der Waals surface area contributed by atoms with Gasteiger partial charge in [-0.3, -0.25) is 4.79 Å². The fourth-order valence-corrected chi connectivity index (χ4v) is 3.54. The van der Waals surface area contributed by atoms with Crippen LogP contribution in [0.1, 0.15) is 31.6 Å². The average molecular weight is 244 g/mol. The van der Waals surface area contributed by atoms with Gasteiger partial charge in [0.15, 0.2) is 0 Å². The minimum Gasteiger partial charge on any atom is -0.352 e. The largest absolute Gasteiger partial charge is 0.352 e. The van der Waals surface area contributed by atoms with Crippen LogP contribution in [0.15, 0.2) is 12.1 Å². The van der Waals surface area contributed by atoms with E-state index >= 15 is 0 Å². The van der Waals surface area contributed by atoms with E-state index in [0.29, 0.717) is 6.42 Å². The summed E-state index contributed by atoms with van der Waals surface area (Å²) < 4.78 is 0.792. The molecule has 1 aromatic rings. The van der Waals surface area contributed by atoms with Crippen LogP contribution in [0.4, 0.5) is 0 Å². The van der Waals surface area contributed by atoms with E-state index in [-0.39, 0.29) is 17.4 Å². The molecule has 1 aliphatic heterocycles. The molecule has 1 fully saturated rings. The summed E-state index contributed by atoms with van der Waals surface area (Å²) in [6.07, 6.45) is 1.53. The molecule has 1 aromatic heterocycles. The molecule has 1 aliphatic rings. The maximum Gasteiger partial charge on any atom is 0.221 e. The van der Waals surface area contributed by atoms with Crippen molar-refractivity contribution in [1.82, 2.24) is 5.32 Å². The second kappa shape index (κ2) is 3.80. The van der Waals surface area contributed by atoms with Crippen molar-refractivity contribution in [1.29, 1.82) is 0 Å². The van der Waals surface area contributed by atoms with E-state index in [1.165, 1.54) is 4.88 Å². The van der Waals surface area contributed by atoms with E-state index in [0.717, 1.165) is 10.8 Å². The normalized spacial score (nSPS) is 30.6. The Hall–Kier alpha value is -0.540. The first-order valence-corrected chi connectivity index (χ1v) is 6.31. The number of carbonyl (C=O) groups excluding carboxylic acids is 1. The van der Waals surface area contributed by atoms with Gasteiger partial charge < -0.3 is 5.32 Å². The topological polar surface area (TPSA) is 29.1 Å². The molecule has 0 aromatic carbocycles. The molecular weight excluding hydrogens is 230 g/mol. The Kier molecular flexibility index (Phi) is 2.77. The van der Waals surface area contributed by atoms with Gasteiger partial charge in [-0.1, -0.05) is 25.4 Å². The monoisotopic (exact) mass is 243 g/mol. The van der Waals surface area contributed by atoms with E-state index in [4.69, 9.17) is 11.6 Å². The van der Waals surface area contributed by atoms with Gasteiger partial charge in [-0.15, -0.1) is 11.3 Å². The summed E-state index contributed by atoms with van der Waals surface area (Å²) in [7, 11) is 0. The second-order valence-corrected chi connectivity index (χ2v) is 5.94. The van der Waals surface area contributed by atoms with Crippen LogP contribution in [0.3, 0.4) is 0 Å². The Morgan fingerprint density at radius 3 is 2.93 bits per heavy atom. The van der Waals surface area contributed by atoms with Crippen LogP contribution in [0.25, 0.3) is 0 Å². The fourth-order valence-electron chi connectivity index (χ4n) is 2.29. The highest BCUT2D eigenvalue weighted by Gasteiger charge is 2.44. The quantitative estimate of drug-likeness (QED) is 0.850. The second-order valence-electron chi connectivity index (χ2n) is 4.23. The number of hydrogen-bond acceptors (Lipinski definition) is 2. The van der Waals surface area contributed by atoms with Crippen molar-refractivity contribution in [2.45, 2.75) is 38.1 Å². The van der Waals surface area contributed by atoms with Crippen LogP contribution in [-0.4, -0.2) is 11.9 Å². The number of halogens is 1. The number of nitrogens with one attached hydrogen (secondary N) is 1. The van der Waals surface area contributed by atoms with E-state index in [2.05, 4.69) is 19.2 Å². The first-order valence-electron chi connectivity index (χ1n) is 5.11. The molecule has 2 unspecified atom stereocenters. The SMILES string of the molecule is CCC1NC(=O)CC1(C)c1ccc(Cl)s1. The Balaban J connectivity index is 2.36. The summed E-state index contributed by atoms with van der Waals surface area (Å²) in [5, 5.41) is 3.03. The highest BCUT2D eigenvalue weighted by Crippen LogP contribution is 2.41. The summed E-state index contributed by atoms with van der Waals surface area (Å²) in [5.41, 5.74) is -0.0797. The van der Waals surface area contributed by atoms with Crippen molar-refractivity contribution >= 4 is 28.8 Å². The molecule has 0 aliphatic carbocycles. The minimum absolute atomic E-state index is 0.0797. The van der Waals surface area contributed by atoms with Crippen molar-refractivity contribution in [3.8, 4) is 0 Å². The van der Waals surface area contributed by atoms with Crippen LogP contribution < -0.4 is 5.32 Å². The molecule has 0 radical (unpaired) electrons. The standard InChI is InChI=1S/C11H14ClNOS/c1-3-7-11(2,6-10(14)13-7)8-4-5-9(12)15-8/h4-5,7H,3,6H2,1-2H3,(H,13,14). The molecule has 82 valence electrons. The molecule has 4 heteroatoms. The van der Waals surface area contributed by atoms with Crippen LogP contribution in [-0.2, 0) is 10.2 Å². The smallest absolute Gasteiger partial charge is 0.221 e. The summed E-state index contributed by atoms with van der Waals surface area (Å²) in [5.74, 6) is 0.147. The van der Waals surface area contributed by atoms with Gasteiger partial charge in [0, 0.05) is 22.8 Å². The van der Waals surface area contributed by atoms with Crippen LogP contribution in [0.2, 0.25) is 4.34 Å². The first kappa shape index (κ1) is 11.0. The van der Waals surface area contributed by atoms with E-state index in [9.17, 15) is 4.79 Å². The zero-order valence-electron chi connectivity index (χ0n) is 8.84. The number of rotatable bonds is 2. The molecule has 2 atom stereocenters. The average Bonchev–Trinajstić information content (AvgIpc) is 2.71. The van der Waals surface area contributed by atoms with Crippen LogP contribution in [0, 0.1) is 0 Å². The number of amides is 1. The van der Waals surface area contributed by atoms with Gasteiger partial charge in [0.05, 0.1) is 4.34 Å². The summed E-state index contributed by atoms with van der Waals surface area (Å²) in [6.45, 7) is 4.24. The van der Waals surface area contributed by atoms with Gasteiger partial charge in [0.2, 0.25) is 5.91 Å². The van der Waals surface area contributed by atoms with Crippen molar-refractivity contribution in [2.75, 3.05) is 0 Å². The molecule has 2 nitrogen and oxygen atoms in total. The third kappa shape index (κ3) is 1.79. The molecule has 0 saturated carbocycles.